The van der Waals surface area contributed by atoms with Gasteiger partial charge >= 0.3 is 6.18 Å². The summed E-state index contributed by atoms with van der Waals surface area (Å²) in [6.07, 6.45) is 2.81. The van der Waals surface area contributed by atoms with Gasteiger partial charge in [-0.3, -0.25) is 9.59 Å². The first kappa shape index (κ1) is 19.5. The van der Waals surface area contributed by atoms with E-state index in [0.717, 1.165) is 23.5 Å². The van der Waals surface area contributed by atoms with Crippen LogP contribution in [0.1, 0.15) is 44.1 Å². The van der Waals surface area contributed by atoms with Gasteiger partial charge in [0.25, 0.3) is 5.56 Å². The third kappa shape index (κ3) is 6.53. The van der Waals surface area contributed by atoms with Crippen molar-refractivity contribution in [1.29, 1.82) is 0 Å². The molecule has 0 atom stereocenters. The van der Waals surface area contributed by atoms with E-state index in [-0.39, 0.29) is 0 Å². The largest absolute Gasteiger partial charge is 0.417 e. The van der Waals surface area contributed by atoms with Gasteiger partial charge in [0.05, 0.1) is 11.7 Å². The van der Waals surface area contributed by atoms with Gasteiger partial charge in [-0.15, -0.1) is 0 Å². The van der Waals surface area contributed by atoms with Crippen molar-refractivity contribution < 1.29 is 22.7 Å². The van der Waals surface area contributed by atoms with Gasteiger partial charge < -0.3 is 14.6 Å². The third-order valence-electron chi connectivity index (χ3n) is 4.17. The highest BCUT2D eigenvalue weighted by atomic mass is 19.4. The quantitative estimate of drug-likeness (QED) is 0.761. The van der Waals surface area contributed by atoms with Gasteiger partial charge in [-0.25, -0.2) is 0 Å². The number of nitrogens with one attached hydrogen (secondary N) is 1. The summed E-state index contributed by atoms with van der Waals surface area (Å²) in [6, 6.07) is 1.52. The summed E-state index contributed by atoms with van der Waals surface area (Å²) in [7, 11) is 0. The number of carbonyl (C=O) groups excluding carboxylic acids is 1. The Kier molecular flexibility index (Phi) is 7.04. The maximum atomic E-state index is 12.6. The fraction of sp³-hybridized carbons (Fsp3) is 0.647. The highest BCUT2D eigenvalue weighted by Crippen LogP contribution is 2.28. The zero-order chi connectivity index (χ0) is 18.3. The SMILES string of the molecule is O=C(Cn1cc(C(F)(F)F)ccc1=O)NCCCOC1CCCCC1. The number of nitrogens with zero attached hydrogens (tertiary/aromatic N) is 1. The highest BCUT2D eigenvalue weighted by molar-refractivity contribution is 5.75. The molecule has 25 heavy (non-hydrogen) atoms. The van der Waals surface area contributed by atoms with Gasteiger partial charge in [0, 0.05) is 25.4 Å². The summed E-state index contributed by atoms with van der Waals surface area (Å²) in [6.45, 7) is 0.458. The normalized spacial score (nSPS) is 16.0. The fourth-order valence-electron chi connectivity index (χ4n) is 2.81. The van der Waals surface area contributed by atoms with E-state index < -0.39 is 29.8 Å². The van der Waals surface area contributed by atoms with E-state index in [9.17, 15) is 22.8 Å². The minimum Gasteiger partial charge on any atom is -0.378 e. The molecule has 1 saturated carbocycles. The lowest BCUT2D eigenvalue weighted by molar-refractivity contribution is -0.138. The average molecular weight is 360 g/mol. The number of aromatic nitrogens is 1. The fourth-order valence-corrected chi connectivity index (χ4v) is 2.81. The molecule has 0 radical (unpaired) electrons. The predicted octanol–water partition coefficient (Wildman–Crippen LogP) is 2.72. The lowest BCUT2D eigenvalue weighted by atomic mass is 9.98. The number of pyridine rings is 1. The van der Waals surface area contributed by atoms with Crippen LogP contribution >= 0.6 is 0 Å². The summed E-state index contributed by atoms with van der Waals surface area (Å²) >= 11 is 0. The van der Waals surface area contributed by atoms with Crippen LogP contribution in [-0.4, -0.2) is 29.7 Å². The molecule has 0 unspecified atom stereocenters. The van der Waals surface area contributed by atoms with Crippen molar-refractivity contribution in [2.45, 2.75) is 57.3 Å². The van der Waals surface area contributed by atoms with Crippen LogP contribution in [0.2, 0.25) is 0 Å². The van der Waals surface area contributed by atoms with Crippen LogP contribution < -0.4 is 10.9 Å². The summed E-state index contributed by atoms with van der Waals surface area (Å²) in [5.41, 5.74) is -1.61. The molecular formula is C17H23F3N2O3. The van der Waals surface area contributed by atoms with Crippen molar-refractivity contribution in [3.63, 3.8) is 0 Å². The second kappa shape index (κ2) is 9.03. The van der Waals surface area contributed by atoms with Crippen molar-refractivity contribution in [3.05, 3.63) is 34.2 Å². The average Bonchev–Trinajstić information content (AvgIpc) is 2.56. The Morgan fingerprint density at radius 3 is 2.64 bits per heavy atom. The molecule has 1 heterocycles. The first-order valence-electron chi connectivity index (χ1n) is 8.52. The van der Waals surface area contributed by atoms with Gasteiger partial charge in [-0.2, -0.15) is 13.2 Å². The Morgan fingerprint density at radius 2 is 1.96 bits per heavy atom. The number of halogens is 3. The second-order valence-corrected chi connectivity index (χ2v) is 6.22. The molecule has 0 spiro atoms. The van der Waals surface area contributed by atoms with Crippen LogP contribution in [0.5, 0.6) is 0 Å². The molecule has 1 fully saturated rings. The monoisotopic (exact) mass is 360 g/mol. The van der Waals surface area contributed by atoms with Crippen LogP contribution in [0.4, 0.5) is 13.2 Å². The summed E-state index contributed by atoms with van der Waals surface area (Å²) in [4.78, 5) is 23.4. The van der Waals surface area contributed by atoms with E-state index in [4.69, 9.17) is 4.74 Å². The minimum atomic E-state index is -4.55. The number of hydrogen-bond acceptors (Lipinski definition) is 3. The van der Waals surface area contributed by atoms with Crippen molar-refractivity contribution in [1.82, 2.24) is 9.88 Å². The van der Waals surface area contributed by atoms with E-state index >= 15 is 0 Å². The van der Waals surface area contributed by atoms with Crippen LogP contribution in [0.25, 0.3) is 0 Å². The molecule has 1 aliphatic rings. The standard InChI is InChI=1S/C17H23F3N2O3/c18-17(19,20)13-7-8-16(24)22(11-13)12-15(23)21-9-4-10-25-14-5-2-1-3-6-14/h7-8,11,14H,1-6,9-10,12H2,(H,21,23). The molecule has 0 saturated heterocycles. The molecule has 0 aliphatic heterocycles. The van der Waals surface area contributed by atoms with E-state index in [0.29, 0.717) is 37.9 Å². The maximum absolute atomic E-state index is 12.6. The van der Waals surface area contributed by atoms with E-state index in [1.165, 1.54) is 19.3 Å². The Labute approximate surface area is 144 Å². The van der Waals surface area contributed by atoms with Gasteiger partial charge in [-0.1, -0.05) is 19.3 Å². The Morgan fingerprint density at radius 1 is 1.24 bits per heavy atom. The molecule has 5 nitrogen and oxygen atoms in total. The molecule has 2 rings (SSSR count). The number of amides is 1. The molecule has 0 aromatic carbocycles. The van der Waals surface area contributed by atoms with Gasteiger partial charge in [-0.05, 0) is 25.3 Å². The van der Waals surface area contributed by atoms with Crippen LogP contribution in [0.3, 0.4) is 0 Å². The third-order valence-corrected chi connectivity index (χ3v) is 4.17. The highest BCUT2D eigenvalue weighted by Gasteiger charge is 2.31. The molecular weight excluding hydrogens is 337 g/mol. The molecule has 1 aromatic heterocycles. The van der Waals surface area contributed by atoms with Crippen LogP contribution in [0.15, 0.2) is 23.1 Å². The van der Waals surface area contributed by atoms with Gasteiger partial charge in [0.2, 0.25) is 5.91 Å². The summed E-state index contributed by atoms with van der Waals surface area (Å²) < 4.78 is 44.4. The molecule has 1 aromatic rings. The zero-order valence-corrected chi connectivity index (χ0v) is 14.0. The van der Waals surface area contributed by atoms with Crippen molar-refractivity contribution in [3.8, 4) is 0 Å². The summed E-state index contributed by atoms with van der Waals surface area (Å²) in [5, 5.41) is 2.59. The Balaban J connectivity index is 1.72. The number of hydrogen-bond donors (Lipinski definition) is 1. The maximum Gasteiger partial charge on any atom is 0.417 e. The minimum absolute atomic E-state index is 0.299. The number of carbonyl (C=O) groups is 1. The molecule has 1 N–H and O–H groups in total. The molecule has 8 heteroatoms. The van der Waals surface area contributed by atoms with E-state index in [2.05, 4.69) is 5.32 Å². The van der Waals surface area contributed by atoms with Crippen molar-refractivity contribution in [2.75, 3.05) is 13.2 Å². The lowest BCUT2D eigenvalue weighted by Crippen LogP contribution is -2.33. The van der Waals surface area contributed by atoms with Crippen molar-refractivity contribution >= 4 is 5.91 Å². The van der Waals surface area contributed by atoms with Crippen LogP contribution in [0, 0.1) is 0 Å². The van der Waals surface area contributed by atoms with E-state index in [1.54, 1.807) is 0 Å². The molecule has 0 bridgehead atoms. The van der Waals surface area contributed by atoms with E-state index in [1.807, 2.05) is 0 Å². The molecule has 1 amide bonds. The van der Waals surface area contributed by atoms with Crippen LogP contribution in [-0.2, 0) is 22.3 Å². The lowest BCUT2D eigenvalue weighted by Gasteiger charge is -2.21. The number of ether oxygens (including phenoxy) is 1. The van der Waals surface area contributed by atoms with Gasteiger partial charge in [0.15, 0.2) is 0 Å². The predicted molar refractivity (Wildman–Crippen MR) is 86.2 cm³/mol. The Bertz CT molecular complexity index is 622. The molecule has 1 aliphatic carbocycles. The first-order chi connectivity index (χ1) is 11.9. The molecule has 140 valence electrons. The summed E-state index contributed by atoms with van der Waals surface area (Å²) in [5.74, 6) is -0.501. The smallest absolute Gasteiger partial charge is 0.378 e. The number of rotatable bonds is 7. The Hall–Kier alpha value is -1.83. The van der Waals surface area contributed by atoms with Crippen molar-refractivity contribution in [2.24, 2.45) is 0 Å². The number of alkyl halides is 3. The van der Waals surface area contributed by atoms with Gasteiger partial charge in [0.1, 0.15) is 6.54 Å². The first-order valence-corrected chi connectivity index (χ1v) is 8.52. The zero-order valence-electron chi connectivity index (χ0n) is 14.0. The second-order valence-electron chi connectivity index (χ2n) is 6.22. The topological polar surface area (TPSA) is 60.3 Å².